The lowest BCUT2D eigenvalue weighted by molar-refractivity contribution is -0.149. The highest BCUT2D eigenvalue weighted by molar-refractivity contribution is 4.98. The van der Waals surface area contributed by atoms with Crippen LogP contribution in [0.5, 0.6) is 0 Å². The Bertz CT molecular complexity index is 162. The van der Waals surface area contributed by atoms with Gasteiger partial charge < -0.3 is 24.8 Å². The Labute approximate surface area is 70.5 Å². The lowest BCUT2D eigenvalue weighted by Gasteiger charge is -2.26. The maximum Gasteiger partial charge on any atom is 0.186 e. The van der Waals surface area contributed by atoms with Gasteiger partial charge in [-0.25, -0.2) is 0 Å². The minimum atomic E-state index is -1.61. The summed E-state index contributed by atoms with van der Waals surface area (Å²) in [6.07, 6.45) is -2.71. The Morgan fingerprint density at radius 2 is 2.17 bits per heavy atom. The van der Waals surface area contributed by atoms with Gasteiger partial charge in [0.1, 0.15) is 11.7 Å². The molecule has 1 aliphatic rings. The molecule has 0 aromatic rings. The molecule has 1 aliphatic heterocycles. The van der Waals surface area contributed by atoms with Gasteiger partial charge in [-0.3, -0.25) is 0 Å². The Morgan fingerprint density at radius 3 is 2.42 bits per heavy atom. The van der Waals surface area contributed by atoms with Crippen LogP contribution in [0, 0.1) is 0 Å². The van der Waals surface area contributed by atoms with Crippen molar-refractivity contribution in [1.82, 2.24) is 0 Å². The number of rotatable bonds is 2. The van der Waals surface area contributed by atoms with Gasteiger partial charge in [-0.1, -0.05) is 0 Å². The van der Waals surface area contributed by atoms with Crippen LogP contribution >= 0.6 is 0 Å². The first-order valence-electron chi connectivity index (χ1n) is 3.75. The Morgan fingerprint density at radius 1 is 1.58 bits per heavy atom. The highest BCUT2D eigenvalue weighted by Gasteiger charge is 2.53. The molecule has 0 bridgehead atoms. The van der Waals surface area contributed by atoms with Crippen molar-refractivity contribution in [2.75, 3.05) is 13.7 Å². The molecule has 1 fully saturated rings. The van der Waals surface area contributed by atoms with Gasteiger partial charge in [0.05, 0.1) is 12.7 Å². The van der Waals surface area contributed by atoms with Crippen LogP contribution in [0.4, 0.5) is 0 Å². The van der Waals surface area contributed by atoms with Crippen molar-refractivity contribution >= 4 is 0 Å². The fourth-order valence-corrected chi connectivity index (χ4v) is 1.28. The molecule has 0 amide bonds. The molecule has 0 radical (unpaired) electrons. The van der Waals surface area contributed by atoms with Gasteiger partial charge in [-0.2, -0.15) is 0 Å². The molecular weight excluding hydrogens is 164 g/mol. The molecule has 1 rings (SSSR count). The topological polar surface area (TPSA) is 79.2 Å². The second kappa shape index (κ2) is 3.27. The molecule has 1 saturated heterocycles. The average molecular weight is 178 g/mol. The van der Waals surface area contributed by atoms with Gasteiger partial charge >= 0.3 is 0 Å². The van der Waals surface area contributed by atoms with Crippen LogP contribution in [0.25, 0.3) is 0 Å². The van der Waals surface area contributed by atoms with Crippen LogP contribution in [0.2, 0.25) is 0 Å². The van der Waals surface area contributed by atoms with Gasteiger partial charge in [0, 0.05) is 7.11 Å². The maximum absolute atomic E-state index is 9.63. The van der Waals surface area contributed by atoms with Crippen LogP contribution < -0.4 is 0 Å². The number of aliphatic hydroxyl groups excluding tert-OH is 2. The summed E-state index contributed by atoms with van der Waals surface area (Å²) in [4.78, 5) is 0. The molecule has 0 aliphatic carbocycles. The summed E-state index contributed by atoms with van der Waals surface area (Å²) in [7, 11) is 1.36. The standard InChI is InChI=1S/C7H14O5/c1-4-7(10,3-8)5(9)6(11-2)12-4/h4-6,8-10H,3H2,1-2H3/t4-,5-,6-,7+/m1/s1. The lowest BCUT2D eigenvalue weighted by atomic mass is 9.95. The van der Waals surface area contributed by atoms with Crippen LogP contribution in [-0.2, 0) is 9.47 Å². The second-order valence-corrected chi connectivity index (χ2v) is 2.98. The van der Waals surface area contributed by atoms with Crippen LogP contribution in [-0.4, -0.2) is 53.1 Å². The molecular formula is C7H14O5. The average Bonchev–Trinajstić information content (AvgIpc) is 2.30. The minimum absolute atomic E-state index is 0.546. The Balaban J connectivity index is 2.76. The van der Waals surface area contributed by atoms with E-state index >= 15 is 0 Å². The van der Waals surface area contributed by atoms with Crippen molar-refractivity contribution in [3.8, 4) is 0 Å². The number of hydrogen-bond acceptors (Lipinski definition) is 5. The van der Waals surface area contributed by atoms with E-state index in [4.69, 9.17) is 14.6 Å². The molecule has 0 aromatic heterocycles. The predicted octanol–water partition coefficient (Wildman–Crippen LogP) is -1.54. The summed E-state index contributed by atoms with van der Waals surface area (Å²) in [5.41, 5.74) is -1.61. The molecule has 4 atom stereocenters. The molecule has 0 spiro atoms. The van der Waals surface area contributed by atoms with Crippen molar-refractivity contribution in [2.45, 2.75) is 31.0 Å². The third-order valence-electron chi connectivity index (χ3n) is 2.30. The molecule has 3 N–H and O–H groups in total. The van der Waals surface area contributed by atoms with E-state index in [0.717, 1.165) is 0 Å². The summed E-state index contributed by atoms with van der Waals surface area (Å²) >= 11 is 0. The first kappa shape index (κ1) is 9.88. The third-order valence-corrected chi connectivity index (χ3v) is 2.30. The maximum atomic E-state index is 9.63. The zero-order valence-corrected chi connectivity index (χ0v) is 7.10. The van der Waals surface area contributed by atoms with E-state index < -0.39 is 30.7 Å². The number of methoxy groups -OCH3 is 1. The fraction of sp³-hybridized carbons (Fsp3) is 1.00. The van der Waals surface area contributed by atoms with Gasteiger partial charge in [0.2, 0.25) is 0 Å². The number of aliphatic hydroxyl groups is 3. The van der Waals surface area contributed by atoms with Crippen molar-refractivity contribution in [1.29, 1.82) is 0 Å². The second-order valence-electron chi connectivity index (χ2n) is 2.98. The minimum Gasteiger partial charge on any atom is -0.393 e. The monoisotopic (exact) mass is 178 g/mol. The summed E-state index contributed by atoms with van der Waals surface area (Å²) in [5.74, 6) is 0. The quantitative estimate of drug-likeness (QED) is 0.477. The van der Waals surface area contributed by atoms with Gasteiger partial charge in [-0.05, 0) is 6.92 Å². The summed E-state index contributed by atoms with van der Waals surface area (Å²) < 4.78 is 9.79. The third kappa shape index (κ3) is 1.23. The number of hydrogen-bond donors (Lipinski definition) is 3. The van der Waals surface area contributed by atoms with E-state index in [9.17, 15) is 10.2 Å². The molecule has 5 heteroatoms. The molecule has 0 aromatic carbocycles. The highest BCUT2D eigenvalue weighted by Crippen LogP contribution is 2.30. The van der Waals surface area contributed by atoms with E-state index in [0.29, 0.717) is 0 Å². The highest BCUT2D eigenvalue weighted by atomic mass is 16.7. The largest absolute Gasteiger partial charge is 0.393 e. The molecule has 1 heterocycles. The SMILES string of the molecule is CO[C@@H]1O[C@H](C)[C@@](O)(CO)[C@@H]1O. The van der Waals surface area contributed by atoms with Crippen LogP contribution in [0.3, 0.4) is 0 Å². The lowest BCUT2D eigenvalue weighted by Crippen LogP contribution is -2.50. The summed E-state index contributed by atoms with van der Waals surface area (Å²) in [6.45, 7) is 1.02. The predicted molar refractivity (Wildman–Crippen MR) is 39.4 cm³/mol. The molecule has 0 unspecified atom stereocenters. The molecule has 5 nitrogen and oxygen atoms in total. The van der Waals surface area contributed by atoms with Gasteiger partial charge in [0.15, 0.2) is 6.29 Å². The van der Waals surface area contributed by atoms with E-state index in [-0.39, 0.29) is 0 Å². The zero-order valence-electron chi connectivity index (χ0n) is 7.10. The van der Waals surface area contributed by atoms with E-state index in [1.807, 2.05) is 0 Å². The van der Waals surface area contributed by atoms with Crippen LogP contribution in [0.15, 0.2) is 0 Å². The van der Waals surface area contributed by atoms with Crippen molar-refractivity contribution < 1.29 is 24.8 Å². The van der Waals surface area contributed by atoms with Crippen LogP contribution in [0.1, 0.15) is 6.92 Å². The summed E-state index contributed by atoms with van der Waals surface area (Å²) in [5, 5.41) is 27.9. The Kier molecular flexibility index (Phi) is 2.70. The van der Waals surface area contributed by atoms with E-state index in [1.54, 1.807) is 6.92 Å². The van der Waals surface area contributed by atoms with Crippen molar-refractivity contribution in [3.05, 3.63) is 0 Å². The molecule has 0 saturated carbocycles. The first-order chi connectivity index (χ1) is 5.56. The van der Waals surface area contributed by atoms with Crippen molar-refractivity contribution in [2.24, 2.45) is 0 Å². The molecule has 12 heavy (non-hydrogen) atoms. The fourth-order valence-electron chi connectivity index (χ4n) is 1.28. The summed E-state index contributed by atoms with van der Waals surface area (Å²) in [6, 6.07) is 0. The smallest absolute Gasteiger partial charge is 0.186 e. The van der Waals surface area contributed by atoms with Gasteiger partial charge in [0.25, 0.3) is 0 Å². The van der Waals surface area contributed by atoms with E-state index in [2.05, 4.69) is 0 Å². The number of ether oxygens (including phenoxy) is 2. The van der Waals surface area contributed by atoms with Crippen molar-refractivity contribution in [3.63, 3.8) is 0 Å². The molecule has 72 valence electrons. The van der Waals surface area contributed by atoms with E-state index in [1.165, 1.54) is 7.11 Å². The first-order valence-corrected chi connectivity index (χ1v) is 3.75. The zero-order chi connectivity index (χ0) is 9.35. The van der Waals surface area contributed by atoms with Gasteiger partial charge in [-0.15, -0.1) is 0 Å². The Hall–Kier alpha value is -0.200. The normalized spacial score (nSPS) is 48.2.